The predicted molar refractivity (Wildman–Crippen MR) is 125 cm³/mol. The molecular formula is C23H16N2O6S2. The Balaban J connectivity index is 1.96. The fourth-order valence-electron chi connectivity index (χ4n) is 3.32. The second kappa shape index (κ2) is 8.66. The van der Waals surface area contributed by atoms with E-state index in [4.69, 9.17) is 0 Å². The molecule has 166 valence electrons. The molecule has 3 aromatic rings. The Morgan fingerprint density at radius 3 is 2.30 bits per heavy atom. The molecule has 0 fully saturated rings. The number of hydrogen-bond donors (Lipinski definition) is 3. The zero-order valence-electron chi connectivity index (χ0n) is 16.8. The lowest BCUT2D eigenvalue weighted by atomic mass is 10.1. The molecule has 1 heterocycles. The molecule has 1 amide bonds. The normalized spacial score (nSPS) is 15.1. The molecule has 0 saturated heterocycles. The first-order valence-corrected chi connectivity index (χ1v) is 11.4. The van der Waals surface area contributed by atoms with E-state index in [1.807, 2.05) is 0 Å². The minimum absolute atomic E-state index is 0.00366. The number of carboxylic acid groups (broad SMARTS) is 1. The van der Waals surface area contributed by atoms with Crippen molar-refractivity contribution in [1.82, 2.24) is 0 Å². The van der Waals surface area contributed by atoms with Gasteiger partial charge in [-0.05, 0) is 35.9 Å². The highest BCUT2D eigenvalue weighted by Gasteiger charge is 2.35. The number of benzene rings is 3. The highest BCUT2D eigenvalue weighted by molar-refractivity contribution is 7.85. The summed E-state index contributed by atoms with van der Waals surface area (Å²) in [6.45, 7) is 0. The van der Waals surface area contributed by atoms with Crippen LogP contribution in [0.25, 0.3) is 6.08 Å². The molecule has 3 aromatic carbocycles. The van der Waals surface area contributed by atoms with Crippen LogP contribution in [0.2, 0.25) is 0 Å². The predicted octanol–water partition coefficient (Wildman–Crippen LogP) is 3.75. The molecule has 0 atom stereocenters. The average molecular weight is 481 g/mol. The van der Waals surface area contributed by atoms with Gasteiger partial charge in [0.15, 0.2) is 0 Å². The Morgan fingerprint density at radius 1 is 1.00 bits per heavy atom. The quantitative estimate of drug-likeness (QED) is 0.290. The first kappa shape index (κ1) is 22.5. The summed E-state index contributed by atoms with van der Waals surface area (Å²) in [5.74, 6) is -1.94. The lowest BCUT2D eigenvalue weighted by Gasteiger charge is -2.21. The van der Waals surface area contributed by atoms with E-state index < -0.39 is 26.9 Å². The van der Waals surface area contributed by atoms with Gasteiger partial charge in [-0.1, -0.05) is 48.5 Å². The molecular weight excluding hydrogens is 464 g/mol. The summed E-state index contributed by atoms with van der Waals surface area (Å²) >= 11 is 4.38. The zero-order valence-corrected chi connectivity index (χ0v) is 18.5. The molecule has 33 heavy (non-hydrogen) atoms. The van der Waals surface area contributed by atoms with Crippen LogP contribution in [0, 0.1) is 0 Å². The van der Waals surface area contributed by atoms with E-state index in [0.717, 1.165) is 23.1 Å². The number of carboxylic acids is 1. The van der Waals surface area contributed by atoms with Crippen molar-refractivity contribution in [3.05, 3.63) is 95.2 Å². The van der Waals surface area contributed by atoms with Gasteiger partial charge in [-0.25, -0.2) is 9.79 Å². The van der Waals surface area contributed by atoms with Gasteiger partial charge in [-0.15, -0.1) is 12.6 Å². The van der Waals surface area contributed by atoms with Gasteiger partial charge in [0, 0.05) is 10.5 Å². The molecule has 0 bridgehead atoms. The first-order chi connectivity index (χ1) is 15.7. The molecule has 0 aliphatic carbocycles. The third-order valence-electron chi connectivity index (χ3n) is 4.86. The third-order valence-corrected chi connectivity index (χ3v) is 6.12. The molecule has 8 nitrogen and oxygen atoms in total. The number of amidine groups is 1. The Labute approximate surface area is 194 Å². The average Bonchev–Trinajstić information content (AvgIpc) is 3.10. The molecule has 10 heteroatoms. The van der Waals surface area contributed by atoms with E-state index in [0.29, 0.717) is 16.0 Å². The van der Waals surface area contributed by atoms with Crippen molar-refractivity contribution in [3.8, 4) is 0 Å². The lowest BCUT2D eigenvalue weighted by Crippen LogP contribution is -2.34. The number of aliphatic imine (C=N–C) groups is 1. The number of thiol groups is 1. The van der Waals surface area contributed by atoms with Gasteiger partial charge in [-0.3, -0.25) is 14.2 Å². The van der Waals surface area contributed by atoms with Crippen molar-refractivity contribution in [2.75, 3.05) is 4.90 Å². The number of hydrogen-bond acceptors (Lipinski definition) is 6. The Hall–Kier alpha value is -3.73. The van der Waals surface area contributed by atoms with Crippen molar-refractivity contribution in [2.24, 2.45) is 4.99 Å². The molecule has 1 aliphatic heterocycles. The maximum atomic E-state index is 13.5. The summed E-state index contributed by atoms with van der Waals surface area (Å²) in [6, 6.07) is 18.5. The minimum Gasteiger partial charge on any atom is -0.478 e. The summed E-state index contributed by atoms with van der Waals surface area (Å²) < 4.78 is 32.9. The summed E-state index contributed by atoms with van der Waals surface area (Å²) in [7, 11) is -4.66. The van der Waals surface area contributed by atoms with Crippen LogP contribution in [0.15, 0.2) is 93.3 Å². The Bertz CT molecular complexity index is 1450. The molecule has 0 saturated carbocycles. The SMILES string of the molecule is O=C(O)c1ccc(S(=O)(=O)O)cc1N1C(=O)/C(=C/c2ccccc2S)N=C1c1ccccc1. The fraction of sp³-hybridized carbons (Fsp3) is 0. The van der Waals surface area contributed by atoms with Gasteiger partial charge in [-0.2, -0.15) is 8.42 Å². The van der Waals surface area contributed by atoms with Crippen LogP contribution < -0.4 is 4.90 Å². The van der Waals surface area contributed by atoms with Gasteiger partial charge < -0.3 is 5.11 Å². The second-order valence-electron chi connectivity index (χ2n) is 6.99. The standard InChI is InChI=1S/C23H16N2O6S2/c26-22-18(12-15-8-4-5-9-20(15)32)24-21(14-6-2-1-3-7-14)25(22)19-13-16(33(29,30)31)10-11-17(19)23(27)28/h1-13,32H,(H,27,28)(H,29,30,31)/b18-12-. The third kappa shape index (κ3) is 4.44. The van der Waals surface area contributed by atoms with Crippen LogP contribution >= 0.6 is 12.6 Å². The fourth-order valence-corrected chi connectivity index (χ4v) is 4.04. The Kier molecular flexibility index (Phi) is 5.90. The molecule has 1 aliphatic rings. The van der Waals surface area contributed by atoms with Crippen LogP contribution in [0.4, 0.5) is 5.69 Å². The molecule has 2 N–H and O–H groups in total. The van der Waals surface area contributed by atoms with Crippen LogP contribution in [-0.4, -0.2) is 35.8 Å². The number of anilines is 1. The van der Waals surface area contributed by atoms with Gasteiger partial charge >= 0.3 is 5.97 Å². The van der Waals surface area contributed by atoms with E-state index >= 15 is 0 Å². The van der Waals surface area contributed by atoms with Crippen molar-refractivity contribution < 1.29 is 27.7 Å². The highest BCUT2D eigenvalue weighted by atomic mass is 32.2. The van der Waals surface area contributed by atoms with E-state index in [-0.39, 0.29) is 22.8 Å². The number of carbonyl (C=O) groups excluding carboxylic acids is 1. The van der Waals surface area contributed by atoms with E-state index in [2.05, 4.69) is 17.6 Å². The van der Waals surface area contributed by atoms with Crippen LogP contribution in [0.3, 0.4) is 0 Å². The molecule has 0 radical (unpaired) electrons. The second-order valence-corrected chi connectivity index (χ2v) is 8.89. The number of amides is 1. The topological polar surface area (TPSA) is 124 Å². The van der Waals surface area contributed by atoms with Gasteiger partial charge in [0.2, 0.25) is 0 Å². The molecule has 0 aromatic heterocycles. The summed E-state index contributed by atoms with van der Waals surface area (Å²) in [6.07, 6.45) is 1.51. The smallest absolute Gasteiger partial charge is 0.337 e. The minimum atomic E-state index is -4.66. The lowest BCUT2D eigenvalue weighted by molar-refractivity contribution is -0.113. The van der Waals surface area contributed by atoms with Crippen LogP contribution in [-0.2, 0) is 14.9 Å². The molecule has 0 spiro atoms. The maximum Gasteiger partial charge on any atom is 0.337 e. The van der Waals surface area contributed by atoms with Gasteiger partial charge in [0.1, 0.15) is 11.5 Å². The highest BCUT2D eigenvalue weighted by Crippen LogP contribution is 2.33. The zero-order chi connectivity index (χ0) is 23.8. The number of aromatic carboxylic acids is 1. The van der Waals surface area contributed by atoms with Crippen molar-refractivity contribution in [2.45, 2.75) is 9.79 Å². The number of carbonyl (C=O) groups is 2. The van der Waals surface area contributed by atoms with Gasteiger partial charge in [0.25, 0.3) is 16.0 Å². The first-order valence-electron chi connectivity index (χ1n) is 9.50. The van der Waals surface area contributed by atoms with Crippen LogP contribution in [0.1, 0.15) is 21.5 Å². The Morgan fingerprint density at radius 2 is 1.67 bits per heavy atom. The van der Waals surface area contributed by atoms with Crippen molar-refractivity contribution in [3.63, 3.8) is 0 Å². The monoisotopic (exact) mass is 480 g/mol. The maximum absolute atomic E-state index is 13.5. The van der Waals surface area contributed by atoms with Crippen molar-refractivity contribution >= 4 is 52.2 Å². The number of nitrogens with zero attached hydrogens (tertiary/aromatic N) is 2. The van der Waals surface area contributed by atoms with Crippen LogP contribution in [0.5, 0.6) is 0 Å². The summed E-state index contributed by atoms with van der Waals surface area (Å²) in [5, 5.41) is 9.69. The molecule has 4 rings (SSSR count). The largest absolute Gasteiger partial charge is 0.478 e. The summed E-state index contributed by atoms with van der Waals surface area (Å²) in [5.41, 5.74) is 0.543. The molecule has 0 unspecified atom stereocenters. The van der Waals surface area contributed by atoms with E-state index in [1.165, 1.54) is 6.08 Å². The van der Waals surface area contributed by atoms with E-state index in [9.17, 15) is 27.7 Å². The van der Waals surface area contributed by atoms with Crippen molar-refractivity contribution in [1.29, 1.82) is 0 Å². The summed E-state index contributed by atoms with van der Waals surface area (Å²) in [4.78, 5) is 30.9. The number of rotatable bonds is 5. The van der Waals surface area contributed by atoms with E-state index in [1.54, 1.807) is 54.6 Å². The van der Waals surface area contributed by atoms with Gasteiger partial charge in [0.05, 0.1) is 16.1 Å².